The highest BCUT2D eigenvalue weighted by Crippen LogP contribution is 2.06. The second kappa shape index (κ2) is 2.92. The van der Waals surface area contributed by atoms with Crippen LogP contribution < -0.4 is 5.56 Å². The predicted octanol–water partition coefficient (Wildman–Crippen LogP) is 1.37. The summed E-state index contributed by atoms with van der Waals surface area (Å²) in [6.07, 6.45) is 0.920. The predicted molar refractivity (Wildman–Crippen MR) is 42.5 cm³/mol. The smallest absolute Gasteiger partial charge is 0.267 e. The van der Waals surface area contributed by atoms with E-state index >= 15 is 0 Å². The molecule has 0 saturated carbocycles. The van der Waals surface area contributed by atoms with Gasteiger partial charge in [-0.15, -0.1) is 11.3 Å². The third-order valence-electron chi connectivity index (χ3n) is 1.18. The Morgan fingerprint density at radius 2 is 2.40 bits per heavy atom. The summed E-state index contributed by atoms with van der Waals surface area (Å²) in [6.45, 7) is 3.88. The number of rotatable bonds is 1. The van der Waals surface area contributed by atoms with Crippen molar-refractivity contribution in [1.82, 2.24) is 4.98 Å². The molecule has 1 aromatic rings. The number of hydrogen-bond acceptors (Lipinski definition) is 3. The van der Waals surface area contributed by atoms with Gasteiger partial charge in [0.1, 0.15) is 0 Å². The van der Waals surface area contributed by atoms with Crippen LogP contribution in [-0.2, 0) is 6.42 Å². The van der Waals surface area contributed by atoms with Gasteiger partial charge in [0.25, 0.3) is 5.56 Å². The molecule has 0 unspecified atom stereocenters. The van der Waals surface area contributed by atoms with Crippen molar-refractivity contribution < 1.29 is 0 Å². The quantitative estimate of drug-likeness (QED) is 0.613. The topological polar surface area (TPSA) is 30.0 Å². The van der Waals surface area contributed by atoms with Gasteiger partial charge in [0.15, 0.2) is 0 Å². The number of nitrogens with zero attached hydrogens (tertiary/aromatic N) is 1. The molecule has 1 aromatic heterocycles. The summed E-state index contributed by atoms with van der Waals surface area (Å²) in [4.78, 5) is 15.6. The molecule has 0 saturated heterocycles. The molecular weight excluding hydrogens is 146 g/mol. The minimum Gasteiger partial charge on any atom is -0.267 e. The molecule has 0 amide bonds. The fourth-order valence-corrected chi connectivity index (χ4v) is 1.56. The molecule has 0 bridgehead atoms. The van der Waals surface area contributed by atoms with E-state index < -0.39 is 0 Å². The third kappa shape index (κ3) is 1.64. The maximum absolute atomic E-state index is 10.8. The molecule has 2 nitrogen and oxygen atoms in total. The van der Waals surface area contributed by atoms with Gasteiger partial charge in [-0.1, -0.05) is 6.92 Å². The van der Waals surface area contributed by atoms with Crippen LogP contribution in [-0.4, -0.2) is 4.98 Å². The van der Waals surface area contributed by atoms with E-state index in [1.165, 1.54) is 0 Å². The Bertz CT molecular complexity index is 279. The van der Waals surface area contributed by atoms with Crippen molar-refractivity contribution in [3.63, 3.8) is 0 Å². The SMILES string of the molecule is CCc1cc(=O)nc(C)s1. The first kappa shape index (κ1) is 7.41. The van der Waals surface area contributed by atoms with Gasteiger partial charge >= 0.3 is 0 Å². The first-order valence-electron chi connectivity index (χ1n) is 3.20. The van der Waals surface area contributed by atoms with Crippen LogP contribution in [0.25, 0.3) is 0 Å². The summed E-state index contributed by atoms with van der Waals surface area (Å²) in [6, 6.07) is 1.59. The molecule has 0 radical (unpaired) electrons. The number of aryl methyl sites for hydroxylation is 2. The average Bonchev–Trinajstić information content (AvgIpc) is 1.85. The first-order valence-corrected chi connectivity index (χ1v) is 4.01. The van der Waals surface area contributed by atoms with E-state index in [1.807, 2.05) is 13.8 Å². The van der Waals surface area contributed by atoms with Crippen LogP contribution in [0.15, 0.2) is 10.9 Å². The van der Waals surface area contributed by atoms with Gasteiger partial charge in [0, 0.05) is 10.9 Å². The lowest BCUT2D eigenvalue weighted by Crippen LogP contribution is -2.04. The van der Waals surface area contributed by atoms with Crippen molar-refractivity contribution in [2.75, 3.05) is 0 Å². The summed E-state index contributed by atoms with van der Waals surface area (Å²) in [5.41, 5.74) is -0.117. The number of aromatic nitrogens is 1. The van der Waals surface area contributed by atoms with Crippen molar-refractivity contribution in [2.24, 2.45) is 0 Å². The van der Waals surface area contributed by atoms with Crippen LogP contribution in [0.5, 0.6) is 0 Å². The molecule has 10 heavy (non-hydrogen) atoms. The van der Waals surface area contributed by atoms with Crippen LogP contribution in [0.1, 0.15) is 16.8 Å². The fraction of sp³-hybridized carbons (Fsp3) is 0.429. The fourth-order valence-electron chi connectivity index (χ4n) is 0.741. The summed E-state index contributed by atoms with van der Waals surface area (Å²) in [5.74, 6) is 0. The molecule has 1 rings (SSSR count). The normalized spacial score (nSPS) is 9.80. The molecule has 0 N–H and O–H groups in total. The number of hydrogen-bond donors (Lipinski definition) is 0. The molecule has 0 aromatic carbocycles. The second-order valence-corrected chi connectivity index (χ2v) is 3.35. The Kier molecular flexibility index (Phi) is 2.17. The third-order valence-corrected chi connectivity index (χ3v) is 2.23. The molecule has 1 heterocycles. The Morgan fingerprint density at radius 3 is 2.90 bits per heavy atom. The van der Waals surface area contributed by atoms with Crippen LogP contribution in [0.3, 0.4) is 0 Å². The highest BCUT2D eigenvalue weighted by Gasteiger charge is 1.93. The molecule has 0 aliphatic heterocycles. The summed E-state index contributed by atoms with van der Waals surface area (Å²) in [7, 11) is 0. The van der Waals surface area contributed by atoms with Crippen LogP contribution in [0, 0.1) is 6.92 Å². The molecule has 3 heteroatoms. The Labute approximate surface area is 63.6 Å². The zero-order valence-corrected chi connectivity index (χ0v) is 6.86. The molecule has 0 aliphatic rings. The van der Waals surface area contributed by atoms with Crippen molar-refractivity contribution in [3.05, 3.63) is 26.3 Å². The van der Waals surface area contributed by atoms with Gasteiger partial charge in [-0.25, -0.2) is 4.98 Å². The van der Waals surface area contributed by atoms with Gasteiger partial charge in [0.05, 0.1) is 5.01 Å². The van der Waals surface area contributed by atoms with Crippen molar-refractivity contribution in [1.29, 1.82) is 0 Å². The van der Waals surface area contributed by atoms with E-state index in [1.54, 1.807) is 17.4 Å². The lowest BCUT2D eigenvalue weighted by Gasteiger charge is -1.92. The van der Waals surface area contributed by atoms with Gasteiger partial charge in [-0.3, -0.25) is 4.79 Å². The maximum Gasteiger partial charge on any atom is 0.271 e. The minimum absolute atomic E-state index is 0.117. The van der Waals surface area contributed by atoms with Gasteiger partial charge < -0.3 is 0 Å². The standard InChI is InChI=1S/C7H9NOS/c1-3-6-4-7(9)8-5(2)10-6/h4H,3H2,1-2H3. The van der Waals surface area contributed by atoms with Gasteiger partial charge in [-0.05, 0) is 13.3 Å². The van der Waals surface area contributed by atoms with Crippen molar-refractivity contribution in [3.8, 4) is 0 Å². The lowest BCUT2D eigenvalue weighted by molar-refractivity contribution is 1.13. The average molecular weight is 155 g/mol. The molecule has 0 fully saturated rings. The minimum atomic E-state index is -0.117. The van der Waals surface area contributed by atoms with E-state index in [-0.39, 0.29) is 5.56 Å². The van der Waals surface area contributed by atoms with Crippen molar-refractivity contribution >= 4 is 11.3 Å². The zero-order chi connectivity index (χ0) is 7.56. The maximum atomic E-state index is 10.8. The Balaban J connectivity index is 3.19. The lowest BCUT2D eigenvalue weighted by atomic mass is 10.4. The molecule has 0 spiro atoms. The van der Waals surface area contributed by atoms with E-state index in [0.717, 1.165) is 16.3 Å². The van der Waals surface area contributed by atoms with Gasteiger partial charge in [0.2, 0.25) is 0 Å². The van der Waals surface area contributed by atoms with E-state index in [0.29, 0.717) is 0 Å². The molecule has 0 atom stereocenters. The van der Waals surface area contributed by atoms with Crippen LogP contribution in [0.4, 0.5) is 0 Å². The first-order chi connectivity index (χ1) is 4.72. The molecule has 54 valence electrons. The molecule has 0 aliphatic carbocycles. The highest BCUT2D eigenvalue weighted by molar-refractivity contribution is 7.11. The summed E-state index contributed by atoms with van der Waals surface area (Å²) >= 11 is 1.58. The van der Waals surface area contributed by atoms with Crippen molar-refractivity contribution in [2.45, 2.75) is 20.3 Å². The van der Waals surface area contributed by atoms with E-state index in [2.05, 4.69) is 4.98 Å². The second-order valence-electron chi connectivity index (χ2n) is 2.04. The Morgan fingerprint density at radius 1 is 1.70 bits per heavy atom. The van der Waals surface area contributed by atoms with Crippen LogP contribution in [0.2, 0.25) is 0 Å². The highest BCUT2D eigenvalue weighted by atomic mass is 32.1. The van der Waals surface area contributed by atoms with Gasteiger partial charge in [-0.2, -0.15) is 0 Å². The monoisotopic (exact) mass is 155 g/mol. The van der Waals surface area contributed by atoms with E-state index in [9.17, 15) is 4.79 Å². The van der Waals surface area contributed by atoms with E-state index in [4.69, 9.17) is 0 Å². The largest absolute Gasteiger partial charge is 0.271 e. The Hall–Kier alpha value is -0.700. The van der Waals surface area contributed by atoms with Crippen LogP contribution >= 0.6 is 11.3 Å². The summed E-state index contributed by atoms with van der Waals surface area (Å²) in [5, 5.41) is 0.851. The summed E-state index contributed by atoms with van der Waals surface area (Å²) < 4.78 is 0. The molecular formula is C7H9NOS. The zero-order valence-electron chi connectivity index (χ0n) is 6.05.